The summed E-state index contributed by atoms with van der Waals surface area (Å²) < 4.78 is 36.7. The van der Waals surface area contributed by atoms with E-state index in [0.29, 0.717) is 43.4 Å². The minimum absolute atomic E-state index is 0.0257. The third-order valence-electron chi connectivity index (χ3n) is 5.84. The number of hydrogen-bond donors (Lipinski definition) is 2. The Morgan fingerprint density at radius 3 is 2.83 bits per heavy atom. The molecule has 30 heavy (non-hydrogen) atoms. The Morgan fingerprint density at radius 1 is 1.37 bits per heavy atom. The maximum absolute atomic E-state index is 15.2. The van der Waals surface area contributed by atoms with Crippen LogP contribution in [0.1, 0.15) is 42.6 Å². The molecule has 1 saturated heterocycles. The molecule has 0 bridgehead atoms. The van der Waals surface area contributed by atoms with E-state index >= 15 is 4.39 Å². The van der Waals surface area contributed by atoms with Gasteiger partial charge in [0.2, 0.25) is 5.43 Å². The van der Waals surface area contributed by atoms with Gasteiger partial charge in [-0.2, -0.15) is 0 Å². The molecule has 0 radical (unpaired) electrons. The van der Waals surface area contributed by atoms with E-state index in [2.05, 4.69) is 0 Å². The number of aromatic nitrogens is 1. The zero-order chi connectivity index (χ0) is 21.6. The normalized spacial score (nSPS) is 20.7. The van der Waals surface area contributed by atoms with Gasteiger partial charge >= 0.3 is 5.97 Å². The summed E-state index contributed by atoms with van der Waals surface area (Å²) in [6, 6.07) is 0.859. The number of anilines is 1. The average Bonchev–Trinajstić information content (AvgIpc) is 2.97. The van der Waals surface area contributed by atoms with Gasteiger partial charge in [0.25, 0.3) is 0 Å². The Balaban J connectivity index is 1.89. The molecule has 7 nitrogen and oxygen atoms in total. The predicted octanol–water partition coefficient (Wildman–Crippen LogP) is 2.96. The fraction of sp³-hybridized carbons (Fsp3) is 0.429. The van der Waals surface area contributed by atoms with Crippen LogP contribution < -0.4 is 20.8 Å². The molecule has 3 heterocycles. The maximum Gasteiger partial charge on any atom is 0.341 e. The highest BCUT2D eigenvalue weighted by molar-refractivity contribution is 5.97. The number of nitrogens with zero attached hydrogens (tertiary/aromatic N) is 2. The van der Waals surface area contributed by atoms with Crippen LogP contribution in [0.3, 0.4) is 0 Å². The first-order valence-corrected chi connectivity index (χ1v) is 9.92. The van der Waals surface area contributed by atoms with Crippen molar-refractivity contribution in [2.45, 2.75) is 32.2 Å². The second-order valence-electron chi connectivity index (χ2n) is 7.73. The summed E-state index contributed by atoms with van der Waals surface area (Å²) >= 11 is 0. The van der Waals surface area contributed by atoms with E-state index in [4.69, 9.17) is 10.5 Å². The topological polar surface area (TPSA) is 97.8 Å². The van der Waals surface area contributed by atoms with Crippen LogP contribution in [0.15, 0.2) is 28.5 Å². The van der Waals surface area contributed by atoms with Crippen LogP contribution in [0.25, 0.3) is 10.9 Å². The minimum atomic E-state index is -1.36. The molecule has 1 fully saturated rings. The second-order valence-corrected chi connectivity index (χ2v) is 7.73. The number of carbonyl (C=O) groups is 1. The Hall–Kier alpha value is -2.94. The van der Waals surface area contributed by atoms with Crippen molar-refractivity contribution < 1.29 is 23.4 Å². The zero-order valence-corrected chi connectivity index (χ0v) is 16.6. The fourth-order valence-electron chi connectivity index (χ4n) is 4.29. The van der Waals surface area contributed by atoms with Crippen molar-refractivity contribution in [3.8, 4) is 5.75 Å². The van der Waals surface area contributed by atoms with Crippen molar-refractivity contribution in [3.63, 3.8) is 0 Å². The van der Waals surface area contributed by atoms with Crippen molar-refractivity contribution >= 4 is 22.6 Å². The molecule has 0 unspecified atom stereocenters. The molecule has 1 atom stereocenters. The third kappa shape index (κ3) is 3.23. The molecule has 0 amide bonds. The summed E-state index contributed by atoms with van der Waals surface area (Å²) in [6.07, 6.45) is 2.89. The summed E-state index contributed by atoms with van der Waals surface area (Å²) in [4.78, 5) is 26.0. The number of aromatic carboxylic acids is 1. The molecule has 1 aromatic carbocycles. The van der Waals surface area contributed by atoms with Gasteiger partial charge in [-0.3, -0.25) is 4.79 Å². The molecule has 0 saturated carbocycles. The van der Waals surface area contributed by atoms with Gasteiger partial charge in [-0.25, -0.2) is 13.6 Å². The van der Waals surface area contributed by atoms with Crippen LogP contribution in [0.2, 0.25) is 0 Å². The lowest BCUT2D eigenvalue weighted by molar-refractivity contribution is 0.0694. The van der Waals surface area contributed by atoms with Gasteiger partial charge in [-0.1, -0.05) is 0 Å². The summed E-state index contributed by atoms with van der Waals surface area (Å²) in [6.45, 7) is 2.77. The first-order valence-electron chi connectivity index (χ1n) is 9.92. The number of nitrogens with two attached hydrogens (primary N) is 1. The molecular formula is C21H23F2N3O4. The standard InChI is InChI=1S/C21H23F2N3O4/c1-11-10-30-20-17-13(19(27)14(21(28)29)9-26(11)17)7-15(22)18(20)25-5-2-3-12(4-6-25)16(23)8-24/h7,9,11H,2-6,8,10,24H2,1H3,(H,28,29)/t11-/m0/s1. The van der Waals surface area contributed by atoms with E-state index < -0.39 is 22.8 Å². The summed E-state index contributed by atoms with van der Waals surface area (Å²) in [5.41, 5.74) is 5.51. The zero-order valence-electron chi connectivity index (χ0n) is 16.6. The van der Waals surface area contributed by atoms with Crippen LogP contribution in [-0.2, 0) is 0 Å². The molecule has 1 aromatic heterocycles. The van der Waals surface area contributed by atoms with Gasteiger partial charge in [0.05, 0.1) is 16.9 Å². The lowest BCUT2D eigenvalue weighted by Gasteiger charge is -2.32. The van der Waals surface area contributed by atoms with Crippen molar-refractivity contribution in [3.05, 3.63) is 45.3 Å². The van der Waals surface area contributed by atoms with Gasteiger partial charge in [-0.05, 0) is 37.8 Å². The Kier molecular flexibility index (Phi) is 5.23. The smallest absolute Gasteiger partial charge is 0.341 e. The number of halogens is 2. The molecule has 2 aromatic rings. The van der Waals surface area contributed by atoms with Crippen molar-refractivity contribution in [2.24, 2.45) is 5.73 Å². The second kappa shape index (κ2) is 7.71. The largest absolute Gasteiger partial charge is 0.487 e. The van der Waals surface area contributed by atoms with E-state index in [1.165, 1.54) is 6.20 Å². The van der Waals surface area contributed by atoms with Crippen LogP contribution in [-0.4, -0.2) is 41.9 Å². The van der Waals surface area contributed by atoms with Gasteiger partial charge < -0.3 is 25.0 Å². The minimum Gasteiger partial charge on any atom is -0.487 e. The number of hydrogen-bond acceptors (Lipinski definition) is 5. The highest BCUT2D eigenvalue weighted by atomic mass is 19.1. The van der Waals surface area contributed by atoms with Crippen LogP contribution in [0.5, 0.6) is 5.75 Å². The van der Waals surface area contributed by atoms with Crippen LogP contribution in [0.4, 0.5) is 14.5 Å². The molecule has 9 heteroatoms. The number of rotatable bonds is 3. The number of ether oxygens (including phenoxy) is 1. The average molecular weight is 419 g/mol. The van der Waals surface area contributed by atoms with Crippen LogP contribution >= 0.6 is 0 Å². The molecule has 2 aliphatic heterocycles. The van der Waals surface area contributed by atoms with Gasteiger partial charge in [-0.15, -0.1) is 0 Å². The fourth-order valence-corrected chi connectivity index (χ4v) is 4.29. The number of carboxylic acids is 1. The summed E-state index contributed by atoms with van der Waals surface area (Å²) in [5, 5.41) is 9.35. The van der Waals surface area contributed by atoms with Crippen molar-refractivity contribution in [2.75, 3.05) is 31.1 Å². The highest BCUT2D eigenvalue weighted by Crippen LogP contribution is 2.42. The van der Waals surface area contributed by atoms with E-state index in [0.717, 1.165) is 6.07 Å². The van der Waals surface area contributed by atoms with E-state index in [9.17, 15) is 19.1 Å². The number of benzene rings is 1. The molecular weight excluding hydrogens is 396 g/mol. The van der Waals surface area contributed by atoms with E-state index in [1.54, 1.807) is 9.47 Å². The van der Waals surface area contributed by atoms with Crippen molar-refractivity contribution in [1.29, 1.82) is 0 Å². The van der Waals surface area contributed by atoms with Crippen LogP contribution in [0, 0.1) is 5.82 Å². The maximum atomic E-state index is 15.2. The van der Waals surface area contributed by atoms with Gasteiger partial charge in [0.15, 0.2) is 11.6 Å². The molecule has 4 rings (SSSR count). The van der Waals surface area contributed by atoms with E-state index in [1.807, 2.05) is 6.92 Å². The lowest BCUT2D eigenvalue weighted by atomic mass is 10.1. The monoisotopic (exact) mass is 419 g/mol. The Bertz CT molecular complexity index is 1130. The summed E-state index contributed by atoms with van der Waals surface area (Å²) in [7, 11) is 0. The molecule has 2 aliphatic rings. The SMILES string of the molecule is C[C@H]1COc2c(N3CCCC(=C(F)CN)CC3)c(F)cc3c(=O)c(C(=O)O)cn1c23. The first kappa shape index (κ1) is 20.3. The quantitative estimate of drug-likeness (QED) is 0.794. The Morgan fingerprint density at radius 2 is 2.13 bits per heavy atom. The highest BCUT2D eigenvalue weighted by Gasteiger charge is 2.30. The molecule has 0 spiro atoms. The lowest BCUT2D eigenvalue weighted by Crippen LogP contribution is -2.30. The molecule has 0 aliphatic carbocycles. The van der Waals surface area contributed by atoms with Gasteiger partial charge in [0, 0.05) is 25.8 Å². The molecule has 3 N–H and O–H groups in total. The number of carboxylic acid groups (broad SMARTS) is 1. The Labute approximate surface area is 171 Å². The molecule has 160 valence electrons. The number of pyridine rings is 1. The van der Waals surface area contributed by atoms with Gasteiger partial charge in [0.1, 0.15) is 23.7 Å². The van der Waals surface area contributed by atoms with Crippen molar-refractivity contribution in [1.82, 2.24) is 4.57 Å². The first-order chi connectivity index (χ1) is 14.3. The third-order valence-corrected chi connectivity index (χ3v) is 5.84. The predicted molar refractivity (Wildman–Crippen MR) is 109 cm³/mol. The van der Waals surface area contributed by atoms with E-state index in [-0.39, 0.29) is 41.8 Å². The summed E-state index contributed by atoms with van der Waals surface area (Å²) in [5.74, 6) is -2.12.